The molecular formula is C19H20N2O5. The first-order valence-electron chi connectivity index (χ1n) is 8.44. The number of para-hydroxylation sites is 2. The molecule has 26 heavy (non-hydrogen) atoms. The molecule has 1 aliphatic heterocycles. The number of aliphatic hydroxyl groups is 4. The molecule has 1 saturated heterocycles. The first-order valence-corrected chi connectivity index (χ1v) is 8.44. The smallest absolute Gasteiger partial charge is 0.178 e. The van der Waals surface area contributed by atoms with Gasteiger partial charge in [0.25, 0.3) is 0 Å². The second kappa shape index (κ2) is 6.79. The summed E-state index contributed by atoms with van der Waals surface area (Å²) in [6.07, 6.45) is -5.07. The Morgan fingerprint density at radius 1 is 0.885 bits per heavy atom. The van der Waals surface area contributed by atoms with Crippen molar-refractivity contribution < 1.29 is 25.2 Å². The van der Waals surface area contributed by atoms with Gasteiger partial charge < -0.3 is 30.5 Å². The van der Waals surface area contributed by atoms with Crippen LogP contribution in [-0.2, 0) is 4.74 Å². The first kappa shape index (κ1) is 17.1. The average molecular weight is 356 g/mol. The van der Waals surface area contributed by atoms with Gasteiger partial charge in [0.15, 0.2) is 6.29 Å². The number of fused-ring (bicyclic) bond motifs is 2. The maximum Gasteiger partial charge on any atom is 0.178 e. The molecule has 136 valence electrons. The number of ether oxygens (including phenoxy) is 1. The van der Waals surface area contributed by atoms with Crippen molar-refractivity contribution in [1.82, 2.24) is 4.98 Å². The third kappa shape index (κ3) is 2.80. The zero-order chi connectivity index (χ0) is 18.3. The fourth-order valence-corrected chi connectivity index (χ4v) is 3.42. The Morgan fingerprint density at radius 3 is 2.04 bits per heavy atom. The van der Waals surface area contributed by atoms with Crippen molar-refractivity contribution in [3.8, 4) is 0 Å². The van der Waals surface area contributed by atoms with Crippen LogP contribution in [0.5, 0.6) is 0 Å². The Morgan fingerprint density at radius 2 is 1.46 bits per heavy atom. The van der Waals surface area contributed by atoms with E-state index < -0.39 is 37.3 Å². The molecule has 0 bridgehead atoms. The Hall–Kier alpha value is -2.29. The van der Waals surface area contributed by atoms with E-state index in [1.54, 1.807) is 0 Å². The van der Waals surface area contributed by atoms with E-state index >= 15 is 0 Å². The second-order valence-electron chi connectivity index (χ2n) is 6.42. The zero-order valence-corrected chi connectivity index (χ0v) is 13.9. The van der Waals surface area contributed by atoms with Gasteiger partial charge in [0.2, 0.25) is 0 Å². The van der Waals surface area contributed by atoms with Crippen molar-refractivity contribution in [2.75, 3.05) is 11.9 Å². The number of rotatable bonds is 3. The van der Waals surface area contributed by atoms with Crippen LogP contribution in [0.15, 0.2) is 48.5 Å². The number of pyridine rings is 1. The molecule has 7 nitrogen and oxygen atoms in total. The molecule has 3 aromatic rings. The summed E-state index contributed by atoms with van der Waals surface area (Å²) in [6.45, 7) is -0.497. The first-order chi connectivity index (χ1) is 12.6. The van der Waals surface area contributed by atoms with Crippen molar-refractivity contribution in [2.45, 2.75) is 30.6 Å². The summed E-state index contributed by atoms with van der Waals surface area (Å²) in [4.78, 5) is 4.63. The van der Waals surface area contributed by atoms with E-state index in [0.29, 0.717) is 5.69 Å². The standard InChI is InChI=1S/C19H20N2O5/c22-9-14-17(23)18(24)16(19(25)26-14)21-15-10-5-1-3-7-12(10)20-13-8-4-2-6-11(13)15/h1-8,14,16-19,22-25H,9H2,(H,20,21)/t14-,16+,17+,18-,19-/m0/s1. The fourth-order valence-electron chi connectivity index (χ4n) is 3.42. The Bertz CT molecular complexity index is 880. The van der Waals surface area contributed by atoms with Crippen molar-refractivity contribution in [2.24, 2.45) is 0 Å². The molecule has 0 radical (unpaired) electrons. The third-order valence-corrected chi connectivity index (χ3v) is 4.80. The molecule has 1 fully saturated rings. The lowest BCUT2D eigenvalue weighted by Crippen LogP contribution is -2.61. The SMILES string of the molecule is OC[C@@H]1O[C@H](O)[C@H](Nc2c3ccccc3nc3ccccc23)[C@H](O)[C@@H]1O. The quantitative estimate of drug-likeness (QED) is 0.437. The van der Waals surface area contributed by atoms with Crippen molar-refractivity contribution in [1.29, 1.82) is 0 Å². The van der Waals surface area contributed by atoms with E-state index in [2.05, 4.69) is 10.3 Å². The van der Waals surface area contributed by atoms with Crippen molar-refractivity contribution in [3.05, 3.63) is 48.5 Å². The fraction of sp³-hybridized carbons (Fsp3) is 0.316. The van der Waals surface area contributed by atoms with Gasteiger partial charge in [-0.25, -0.2) is 4.98 Å². The molecule has 1 aliphatic rings. The van der Waals surface area contributed by atoms with Crippen LogP contribution in [0.1, 0.15) is 0 Å². The largest absolute Gasteiger partial charge is 0.394 e. The number of hydrogen-bond acceptors (Lipinski definition) is 7. The minimum Gasteiger partial charge on any atom is -0.394 e. The van der Waals surface area contributed by atoms with Gasteiger partial charge in [-0.3, -0.25) is 0 Å². The molecule has 0 spiro atoms. The summed E-state index contributed by atoms with van der Waals surface area (Å²) in [5.74, 6) is 0. The lowest BCUT2D eigenvalue weighted by atomic mass is 9.96. The highest BCUT2D eigenvalue weighted by atomic mass is 16.6. The number of benzene rings is 2. The van der Waals surface area contributed by atoms with Gasteiger partial charge in [0.1, 0.15) is 24.4 Å². The molecule has 5 N–H and O–H groups in total. The van der Waals surface area contributed by atoms with Crippen LogP contribution in [-0.4, -0.2) is 62.7 Å². The molecule has 5 atom stereocenters. The van der Waals surface area contributed by atoms with Crippen LogP contribution in [0.2, 0.25) is 0 Å². The van der Waals surface area contributed by atoms with Gasteiger partial charge in [-0.05, 0) is 12.1 Å². The summed E-state index contributed by atoms with van der Waals surface area (Å²) < 4.78 is 5.24. The molecule has 7 heteroatoms. The summed E-state index contributed by atoms with van der Waals surface area (Å²) in [6, 6.07) is 14.1. The highest BCUT2D eigenvalue weighted by Crippen LogP contribution is 2.33. The molecule has 0 saturated carbocycles. The maximum absolute atomic E-state index is 10.4. The normalized spacial score (nSPS) is 29.2. The minimum absolute atomic E-state index is 0.497. The number of hydrogen-bond donors (Lipinski definition) is 5. The molecule has 0 aliphatic carbocycles. The highest BCUT2D eigenvalue weighted by Gasteiger charge is 2.43. The second-order valence-corrected chi connectivity index (χ2v) is 6.42. The van der Waals surface area contributed by atoms with E-state index in [0.717, 1.165) is 21.8 Å². The molecule has 0 unspecified atom stereocenters. The molecule has 2 heterocycles. The van der Waals surface area contributed by atoms with E-state index in [4.69, 9.17) is 4.74 Å². The summed E-state index contributed by atoms with van der Waals surface area (Å²) in [5.41, 5.74) is 2.22. The Balaban J connectivity index is 1.81. The number of aliphatic hydroxyl groups excluding tert-OH is 4. The Labute approximate surface area is 149 Å². The van der Waals surface area contributed by atoms with Gasteiger partial charge in [-0.2, -0.15) is 0 Å². The number of nitrogens with zero attached hydrogens (tertiary/aromatic N) is 1. The van der Waals surface area contributed by atoms with Crippen molar-refractivity contribution >= 4 is 27.5 Å². The van der Waals surface area contributed by atoms with E-state index in [-0.39, 0.29) is 0 Å². The lowest BCUT2D eigenvalue weighted by Gasteiger charge is -2.41. The molecule has 0 amide bonds. The van der Waals surface area contributed by atoms with Gasteiger partial charge in [0, 0.05) is 10.8 Å². The predicted octanol–water partition coefficient (Wildman–Crippen LogP) is 0.600. The molecular weight excluding hydrogens is 336 g/mol. The highest BCUT2D eigenvalue weighted by molar-refractivity contribution is 6.07. The minimum atomic E-state index is -1.39. The predicted molar refractivity (Wildman–Crippen MR) is 96.6 cm³/mol. The number of nitrogens with one attached hydrogen (secondary N) is 1. The topological polar surface area (TPSA) is 115 Å². The lowest BCUT2D eigenvalue weighted by molar-refractivity contribution is -0.245. The maximum atomic E-state index is 10.4. The van der Waals surface area contributed by atoms with Crippen LogP contribution in [0.4, 0.5) is 5.69 Å². The molecule has 1 aromatic heterocycles. The van der Waals surface area contributed by atoms with Gasteiger partial charge >= 0.3 is 0 Å². The summed E-state index contributed by atoms with van der Waals surface area (Å²) in [5, 5.41) is 44.9. The van der Waals surface area contributed by atoms with E-state index in [9.17, 15) is 20.4 Å². The number of anilines is 1. The third-order valence-electron chi connectivity index (χ3n) is 4.80. The monoisotopic (exact) mass is 356 g/mol. The van der Waals surface area contributed by atoms with Crippen LogP contribution in [0.3, 0.4) is 0 Å². The van der Waals surface area contributed by atoms with Crippen LogP contribution < -0.4 is 5.32 Å². The summed E-state index contributed by atoms with van der Waals surface area (Å²) in [7, 11) is 0. The van der Waals surface area contributed by atoms with E-state index in [1.807, 2.05) is 48.5 Å². The molecule has 2 aromatic carbocycles. The van der Waals surface area contributed by atoms with Crippen molar-refractivity contribution in [3.63, 3.8) is 0 Å². The summed E-state index contributed by atoms with van der Waals surface area (Å²) >= 11 is 0. The van der Waals surface area contributed by atoms with Crippen LogP contribution >= 0.6 is 0 Å². The van der Waals surface area contributed by atoms with E-state index in [1.165, 1.54) is 0 Å². The average Bonchev–Trinajstić information content (AvgIpc) is 2.67. The van der Waals surface area contributed by atoms with Gasteiger partial charge in [-0.1, -0.05) is 36.4 Å². The number of aromatic nitrogens is 1. The molecule has 4 rings (SSSR count). The Kier molecular flexibility index (Phi) is 4.47. The van der Waals surface area contributed by atoms with Gasteiger partial charge in [-0.15, -0.1) is 0 Å². The van der Waals surface area contributed by atoms with Crippen LogP contribution in [0, 0.1) is 0 Å². The van der Waals surface area contributed by atoms with Crippen LogP contribution in [0.25, 0.3) is 21.8 Å². The zero-order valence-electron chi connectivity index (χ0n) is 13.9. The van der Waals surface area contributed by atoms with Gasteiger partial charge in [0.05, 0.1) is 23.3 Å².